The van der Waals surface area contributed by atoms with Gasteiger partial charge >= 0.3 is 6.85 Å². The molecular formula is C23H17BN2. The largest absolute Gasteiger partial charge is 0.364 e. The molecule has 0 fully saturated rings. The van der Waals surface area contributed by atoms with E-state index in [9.17, 15) is 0 Å². The van der Waals surface area contributed by atoms with Gasteiger partial charge in [-0.1, -0.05) is 60.7 Å². The van der Waals surface area contributed by atoms with Crippen LogP contribution in [0.5, 0.6) is 0 Å². The summed E-state index contributed by atoms with van der Waals surface area (Å²) in [5.41, 5.74) is 8.14. The number of fused-ring (bicyclic) bond motifs is 11. The van der Waals surface area contributed by atoms with Crippen LogP contribution in [0.4, 0.5) is 5.82 Å². The summed E-state index contributed by atoms with van der Waals surface area (Å²) >= 11 is 0. The van der Waals surface area contributed by atoms with Crippen molar-refractivity contribution < 1.29 is 0 Å². The monoisotopic (exact) mass is 332 g/mol. The van der Waals surface area contributed by atoms with Crippen LogP contribution in [0.3, 0.4) is 0 Å². The molecule has 3 heterocycles. The molecule has 1 atom stereocenters. The number of nitrogens with zero attached hydrogens (tertiary/aromatic N) is 2. The molecule has 1 aromatic heterocycles. The predicted octanol–water partition coefficient (Wildman–Crippen LogP) is 3.62. The lowest BCUT2D eigenvalue weighted by Gasteiger charge is -2.46. The van der Waals surface area contributed by atoms with Gasteiger partial charge in [0.25, 0.3) is 0 Å². The number of hydrogen-bond acceptors (Lipinski definition) is 2. The first-order valence-corrected chi connectivity index (χ1v) is 9.22. The van der Waals surface area contributed by atoms with Crippen molar-refractivity contribution in [1.82, 2.24) is 4.98 Å². The third-order valence-electron chi connectivity index (χ3n) is 5.89. The van der Waals surface area contributed by atoms with Crippen LogP contribution in [0.25, 0.3) is 11.1 Å². The predicted molar refractivity (Wildman–Crippen MR) is 108 cm³/mol. The summed E-state index contributed by atoms with van der Waals surface area (Å²) in [6.45, 7) is 0.193. The number of aromatic nitrogens is 1. The lowest BCUT2D eigenvalue weighted by Crippen LogP contribution is -2.63. The van der Waals surface area contributed by atoms with E-state index in [0.717, 1.165) is 12.2 Å². The van der Waals surface area contributed by atoms with E-state index in [1.165, 1.54) is 33.3 Å². The Morgan fingerprint density at radius 2 is 1.69 bits per heavy atom. The SMILES string of the molecule is C1=CCC2C(=C1)N1B(c3ccccc3-c3cccnc31)c1ccccc12. The van der Waals surface area contributed by atoms with E-state index in [-0.39, 0.29) is 6.85 Å². The highest BCUT2D eigenvalue weighted by molar-refractivity contribution is 6.91. The van der Waals surface area contributed by atoms with Crippen molar-refractivity contribution in [2.75, 3.05) is 4.81 Å². The molecule has 26 heavy (non-hydrogen) atoms. The molecule has 3 aliphatic rings. The third-order valence-corrected chi connectivity index (χ3v) is 5.89. The molecular weight excluding hydrogens is 315 g/mol. The maximum Gasteiger partial charge on any atom is 0.330 e. The first kappa shape index (κ1) is 14.1. The second-order valence-electron chi connectivity index (χ2n) is 7.17. The first-order chi connectivity index (χ1) is 12.9. The fourth-order valence-electron chi connectivity index (χ4n) is 4.85. The second kappa shape index (κ2) is 5.22. The number of benzene rings is 2. The zero-order chi connectivity index (χ0) is 17.1. The van der Waals surface area contributed by atoms with Crippen LogP contribution in [-0.4, -0.2) is 11.8 Å². The van der Waals surface area contributed by atoms with Crippen molar-refractivity contribution >= 4 is 23.6 Å². The zero-order valence-electron chi connectivity index (χ0n) is 14.3. The van der Waals surface area contributed by atoms with Crippen LogP contribution in [0.2, 0.25) is 0 Å². The average Bonchev–Trinajstić information content (AvgIpc) is 2.73. The van der Waals surface area contributed by atoms with Crippen LogP contribution in [0, 0.1) is 0 Å². The van der Waals surface area contributed by atoms with Crippen molar-refractivity contribution in [3.05, 3.63) is 96.3 Å². The number of rotatable bonds is 0. The van der Waals surface area contributed by atoms with Crippen LogP contribution >= 0.6 is 0 Å². The van der Waals surface area contributed by atoms with Crippen LogP contribution in [0.1, 0.15) is 17.9 Å². The minimum absolute atomic E-state index is 0.193. The third kappa shape index (κ3) is 1.75. The van der Waals surface area contributed by atoms with E-state index in [1.807, 2.05) is 12.3 Å². The molecule has 1 aliphatic carbocycles. The maximum atomic E-state index is 4.83. The molecule has 0 N–H and O–H groups in total. The average molecular weight is 332 g/mol. The standard InChI is InChI=1S/C23H17BN2/c1-4-12-20-16(8-1)18-10-3-6-14-22(18)26-23-19(11-7-15-25-23)17-9-2-5-13-21(17)24(20)26/h1-9,11-15,18H,10H2. The van der Waals surface area contributed by atoms with Gasteiger partial charge in [0.1, 0.15) is 5.82 Å². The Hall–Kier alpha value is -3.07. The second-order valence-corrected chi connectivity index (χ2v) is 7.17. The van der Waals surface area contributed by atoms with Gasteiger partial charge in [-0.2, -0.15) is 0 Å². The Morgan fingerprint density at radius 3 is 2.65 bits per heavy atom. The van der Waals surface area contributed by atoms with E-state index in [0.29, 0.717) is 5.92 Å². The molecule has 0 radical (unpaired) electrons. The lowest BCUT2D eigenvalue weighted by molar-refractivity contribution is 0.774. The van der Waals surface area contributed by atoms with Gasteiger partial charge in [-0.05, 0) is 46.7 Å². The number of anilines is 1. The van der Waals surface area contributed by atoms with Gasteiger partial charge in [-0.15, -0.1) is 0 Å². The van der Waals surface area contributed by atoms with E-state index in [2.05, 4.69) is 77.6 Å². The Kier molecular flexibility index (Phi) is 2.84. The van der Waals surface area contributed by atoms with Gasteiger partial charge in [0, 0.05) is 23.4 Å². The van der Waals surface area contributed by atoms with Gasteiger partial charge in [0.15, 0.2) is 0 Å². The molecule has 0 amide bonds. The molecule has 3 heteroatoms. The van der Waals surface area contributed by atoms with Crippen LogP contribution in [0.15, 0.2) is 90.8 Å². The maximum absolute atomic E-state index is 4.83. The summed E-state index contributed by atoms with van der Waals surface area (Å²) in [5.74, 6) is 1.49. The summed E-state index contributed by atoms with van der Waals surface area (Å²) < 4.78 is 0. The van der Waals surface area contributed by atoms with Crippen LogP contribution < -0.4 is 15.7 Å². The first-order valence-electron chi connectivity index (χ1n) is 9.22. The highest BCUT2D eigenvalue weighted by atomic mass is 15.2. The summed E-state index contributed by atoms with van der Waals surface area (Å²) in [7, 11) is 0. The number of hydrogen-bond donors (Lipinski definition) is 0. The van der Waals surface area contributed by atoms with E-state index in [1.54, 1.807) is 0 Å². The Morgan fingerprint density at radius 1 is 0.885 bits per heavy atom. The fraction of sp³-hybridized carbons (Fsp3) is 0.0870. The highest BCUT2D eigenvalue weighted by Crippen LogP contribution is 2.43. The van der Waals surface area contributed by atoms with Crippen molar-refractivity contribution in [1.29, 1.82) is 0 Å². The molecule has 2 aliphatic heterocycles. The van der Waals surface area contributed by atoms with Gasteiger partial charge in [-0.25, -0.2) is 4.98 Å². The van der Waals surface area contributed by atoms with Gasteiger partial charge < -0.3 is 4.81 Å². The Labute approximate surface area is 153 Å². The molecule has 122 valence electrons. The topological polar surface area (TPSA) is 16.1 Å². The summed E-state index contributed by atoms with van der Waals surface area (Å²) in [6, 6.07) is 22.0. The molecule has 1 unspecified atom stereocenters. The minimum Gasteiger partial charge on any atom is -0.364 e. The van der Waals surface area contributed by atoms with Crippen LogP contribution in [-0.2, 0) is 0 Å². The fourth-order valence-corrected chi connectivity index (χ4v) is 4.85. The van der Waals surface area contributed by atoms with E-state index >= 15 is 0 Å². The smallest absolute Gasteiger partial charge is 0.330 e. The normalized spacial score (nSPS) is 18.9. The Bertz CT molecular complexity index is 1100. The number of allylic oxidation sites excluding steroid dienone is 4. The summed E-state index contributed by atoms with van der Waals surface area (Å²) in [4.78, 5) is 7.31. The molecule has 0 bridgehead atoms. The van der Waals surface area contributed by atoms with E-state index in [4.69, 9.17) is 4.98 Å². The van der Waals surface area contributed by atoms with Gasteiger partial charge in [-0.3, -0.25) is 0 Å². The Balaban J connectivity index is 1.73. The summed E-state index contributed by atoms with van der Waals surface area (Å²) in [5, 5.41) is 0. The van der Waals surface area contributed by atoms with Crippen molar-refractivity contribution in [3.63, 3.8) is 0 Å². The zero-order valence-corrected chi connectivity index (χ0v) is 14.3. The molecule has 0 saturated heterocycles. The highest BCUT2D eigenvalue weighted by Gasteiger charge is 2.45. The van der Waals surface area contributed by atoms with Crippen molar-refractivity contribution in [3.8, 4) is 11.1 Å². The molecule has 6 rings (SSSR count). The van der Waals surface area contributed by atoms with E-state index < -0.39 is 0 Å². The van der Waals surface area contributed by atoms with Gasteiger partial charge in [0.05, 0.1) is 0 Å². The van der Waals surface area contributed by atoms with Crippen molar-refractivity contribution in [2.24, 2.45) is 0 Å². The molecule has 0 spiro atoms. The minimum atomic E-state index is 0.193. The molecule has 2 aromatic carbocycles. The quantitative estimate of drug-likeness (QED) is 0.585. The molecule has 2 nitrogen and oxygen atoms in total. The van der Waals surface area contributed by atoms with Crippen molar-refractivity contribution in [2.45, 2.75) is 12.3 Å². The molecule has 3 aromatic rings. The van der Waals surface area contributed by atoms with Gasteiger partial charge in [0.2, 0.25) is 0 Å². The molecule has 0 saturated carbocycles. The number of pyridine rings is 1. The lowest BCUT2D eigenvalue weighted by atomic mass is 9.42. The summed E-state index contributed by atoms with van der Waals surface area (Å²) in [6.07, 6.45) is 9.72.